The molecule has 1 fully saturated rings. The van der Waals surface area contributed by atoms with E-state index in [1.54, 1.807) is 0 Å². The van der Waals surface area contributed by atoms with Crippen LogP contribution in [0.4, 0.5) is 0 Å². The minimum atomic E-state index is 0.626. The van der Waals surface area contributed by atoms with E-state index in [1.807, 2.05) is 0 Å². The maximum Gasteiger partial charge on any atom is 0.133 e. The summed E-state index contributed by atoms with van der Waals surface area (Å²) in [4.78, 5) is 9.29. The number of rotatable bonds is 1. The first-order chi connectivity index (χ1) is 7.34. The Morgan fingerprint density at radius 3 is 2.87 bits per heavy atom. The van der Waals surface area contributed by atoms with Crippen LogP contribution in [-0.4, -0.2) is 16.5 Å². The quantitative estimate of drug-likeness (QED) is 0.793. The lowest BCUT2D eigenvalue weighted by molar-refractivity contribution is 0.398. The molecule has 1 aromatic heterocycles. The molecule has 1 aliphatic carbocycles. The summed E-state index contributed by atoms with van der Waals surface area (Å²) in [5.74, 6) is 1.69. The third-order valence-corrected chi connectivity index (χ3v) is 4.03. The maximum atomic E-state index is 4.72. The summed E-state index contributed by atoms with van der Waals surface area (Å²) in [7, 11) is 0. The van der Waals surface area contributed by atoms with Gasteiger partial charge in [0, 0.05) is 31.0 Å². The zero-order chi connectivity index (χ0) is 10.3. The number of nitrogens with zero attached hydrogens (tertiary/aromatic N) is 2. The summed E-state index contributed by atoms with van der Waals surface area (Å²) >= 11 is 3.56. The molecule has 1 aliphatic heterocycles. The molecule has 3 rings (SSSR count). The monoisotopic (exact) mass is 267 g/mol. The number of nitrogens with one attached hydrogen (secondary N) is 1. The summed E-state index contributed by atoms with van der Waals surface area (Å²) < 4.78 is 1.00. The van der Waals surface area contributed by atoms with Crippen molar-refractivity contribution in [1.29, 1.82) is 0 Å². The molecule has 1 N–H and O–H groups in total. The van der Waals surface area contributed by atoms with Crippen molar-refractivity contribution in [1.82, 2.24) is 15.3 Å². The van der Waals surface area contributed by atoms with E-state index >= 15 is 0 Å². The van der Waals surface area contributed by atoms with Crippen LogP contribution in [0.25, 0.3) is 0 Å². The molecular weight excluding hydrogens is 254 g/mol. The molecule has 0 saturated heterocycles. The van der Waals surface area contributed by atoms with Gasteiger partial charge in [-0.15, -0.1) is 0 Å². The second-order valence-electron chi connectivity index (χ2n) is 4.35. The Morgan fingerprint density at radius 2 is 2.13 bits per heavy atom. The van der Waals surface area contributed by atoms with E-state index in [1.165, 1.54) is 30.5 Å². The molecule has 2 heterocycles. The molecule has 15 heavy (non-hydrogen) atoms. The molecule has 0 atom stereocenters. The first-order valence-electron chi connectivity index (χ1n) is 5.60. The van der Waals surface area contributed by atoms with Gasteiger partial charge in [-0.05, 0) is 28.8 Å². The lowest BCUT2D eigenvalue weighted by atomic mass is 9.84. The van der Waals surface area contributed by atoms with Gasteiger partial charge in [0.25, 0.3) is 0 Å². The number of hydrogen-bond donors (Lipinski definition) is 1. The molecule has 3 nitrogen and oxygen atoms in total. The zero-order valence-corrected chi connectivity index (χ0v) is 10.2. The molecule has 0 bridgehead atoms. The van der Waals surface area contributed by atoms with Crippen molar-refractivity contribution in [2.24, 2.45) is 0 Å². The molecule has 80 valence electrons. The van der Waals surface area contributed by atoms with Crippen molar-refractivity contribution in [3.63, 3.8) is 0 Å². The fourth-order valence-electron chi connectivity index (χ4n) is 2.17. The standard InChI is InChI=1S/C11H14BrN3/c12-10-8-6-13-5-4-9(8)14-11(15-10)7-2-1-3-7/h7,13H,1-6H2. The predicted octanol–water partition coefficient (Wildman–Crippen LogP) is 2.15. The van der Waals surface area contributed by atoms with E-state index in [-0.39, 0.29) is 0 Å². The van der Waals surface area contributed by atoms with Crippen LogP contribution in [0.1, 0.15) is 42.3 Å². The van der Waals surface area contributed by atoms with E-state index in [0.29, 0.717) is 5.92 Å². The Hall–Kier alpha value is -0.480. The first-order valence-corrected chi connectivity index (χ1v) is 6.40. The lowest BCUT2D eigenvalue weighted by Gasteiger charge is -2.26. The number of aromatic nitrogens is 2. The van der Waals surface area contributed by atoms with Crippen LogP contribution in [-0.2, 0) is 13.0 Å². The highest BCUT2D eigenvalue weighted by Crippen LogP contribution is 2.35. The average Bonchev–Trinajstić information content (AvgIpc) is 2.15. The third-order valence-electron chi connectivity index (χ3n) is 3.37. The summed E-state index contributed by atoms with van der Waals surface area (Å²) in [5.41, 5.74) is 2.50. The van der Waals surface area contributed by atoms with Crippen molar-refractivity contribution >= 4 is 15.9 Å². The Bertz CT molecular complexity index is 388. The van der Waals surface area contributed by atoms with Crippen LogP contribution in [0.3, 0.4) is 0 Å². The van der Waals surface area contributed by atoms with E-state index in [9.17, 15) is 0 Å². The topological polar surface area (TPSA) is 37.8 Å². The number of fused-ring (bicyclic) bond motifs is 1. The van der Waals surface area contributed by atoms with Crippen molar-refractivity contribution < 1.29 is 0 Å². The molecule has 0 radical (unpaired) electrons. The van der Waals surface area contributed by atoms with Gasteiger partial charge in [-0.3, -0.25) is 0 Å². The van der Waals surface area contributed by atoms with E-state index in [0.717, 1.165) is 29.9 Å². The molecule has 0 amide bonds. The van der Waals surface area contributed by atoms with Gasteiger partial charge in [0.1, 0.15) is 10.4 Å². The summed E-state index contributed by atoms with van der Waals surface area (Å²) in [6.45, 7) is 1.95. The highest BCUT2D eigenvalue weighted by Gasteiger charge is 2.25. The van der Waals surface area contributed by atoms with Crippen LogP contribution < -0.4 is 5.32 Å². The van der Waals surface area contributed by atoms with Gasteiger partial charge in [-0.25, -0.2) is 9.97 Å². The van der Waals surface area contributed by atoms with Crippen LogP contribution in [0, 0.1) is 0 Å². The Morgan fingerprint density at radius 1 is 1.27 bits per heavy atom. The Labute approximate surface area is 97.8 Å². The fraction of sp³-hybridized carbons (Fsp3) is 0.636. The summed E-state index contributed by atoms with van der Waals surface area (Å²) in [5, 5.41) is 3.35. The second kappa shape index (κ2) is 3.83. The highest BCUT2D eigenvalue weighted by atomic mass is 79.9. The predicted molar refractivity (Wildman–Crippen MR) is 61.7 cm³/mol. The SMILES string of the molecule is Brc1nc(C2CCC2)nc2c1CNCC2. The van der Waals surface area contributed by atoms with Gasteiger partial charge in [0.05, 0.1) is 5.69 Å². The van der Waals surface area contributed by atoms with E-state index in [4.69, 9.17) is 4.98 Å². The first kappa shape index (κ1) is 9.73. The zero-order valence-electron chi connectivity index (χ0n) is 8.59. The molecule has 0 spiro atoms. The van der Waals surface area contributed by atoms with Gasteiger partial charge < -0.3 is 5.32 Å². The molecule has 0 aromatic carbocycles. The summed E-state index contributed by atoms with van der Waals surface area (Å²) in [6.07, 6.45) is 4.91. The van der Waals surface area contributed by atoms with E-state index < -0.39 is 0 Å². The largest absolute Gasteiger partial charge is 0.312 e. The maximum absolute atomic E-state index is 4.72. The lowest BCUT2D eigenvalue weighted by Crippen LogP contribution is -2.27. The van der Waals surface area contributed by atoms with Gasteiger partial charge in [0.15, 0.2) is 0 Å². The Kier molecular flexibility index (Phi) is 2.48. The Balaban J connectivity index is 2.00. The molecule has 0 unspecified atom stereocenters. The number of hydrogen-bond acceptors (Lipinski definition) is 3. The highest BCUT2D eigenvalue weighted by molar-refractivity contribution is 9.10. The van der Waals surface area contributed by atoms with Crippen LogP contribution >= 0.6 is 15.9 Å². The molecule has 1 saturated carbocycles. The number of halogens is 1. The van der Waals surface area contributed by atoms with Crippen LogP contribution in [0.15, 0.2) is 4.60 Å². The van der Waals surface area contributed by atoms with Gasteiger partial charge >= 0.3 is 0 Å². The molecule has 2 aliphatic rings. The van der Waals surface area contributed by atoms with Gasteiger partial charge in [-0.2, -0.15) is 0 Å². The molecule has 1 aromatic rings. The van der Waals surface area contributed by atoms with Crippen molar-refractivity contribution in [3.8, 4) is 0 Å². The van der Waals surface area contributed by atoms with Gasteiger partial charge in [-0.1, -0.05) is 6.42 Å². The van der Waals surface area contributed by atoms with Crippen LogP contribution in [0.2, 0.25) is 0 Å². The van der Waals surface area contributed by atoms with Gasteiger partial charge in [0.2, 0.25) is 0 Å². The fourth-order valence-corrected chi connectivity index (χ4v) is 2.72. The second-order valence-corrected chi connectivity index (χ2v) is 5.10. The minimum absolute atomic E-state index is 0.626. The summed E-state index contributed by atoms with van der Waals surface area (Å²) in [6, 6.07) is 0. The van der Waals surface area contributed by atoms with Crippen molar-refractivity contribution in [3.05, 3.63) is 21.7 Å². The van der Waals surface area contributed by atoms with E-state index in [2.05, 4.69) is 26.2 Å². The molecular formula is C11H14BrN3. The average molecular weight is 268 g/mol. The third kappa shape index (κ3) is 1.70. The normalized spacial score (nSPS) is 20.9. The van der Waals surface area contributed by atoms with Crippen molar-refractivity contribution in [2.45, 2.75) is 38.1 Å². The van der Waals surface area contributed by atoms with Crippen LogP contribution in [0.5, 0.6) is 0 Å². The van der Waals surface area contributed by atoms with Crippen molar-refractivity contribution in [2.75, 3.05) is 6.54 Å². The smallest absolute Gasteiger partial charge is 0.133 e. The minimum Gasteiger partial charge on any atom is -0.312 e. The molecule has 4 heteroatoms.